The zero-order valence-electron chi connectivity index (χ0n) is 11.2. The van der Waals surface area contributed by atoms with Crippen LogP contribution in [0.15, 0.2) is 30.3 Å². The zero-order chi connectivity index (χ0) is 12.1. The Morgan fingerprint density at radius 2 is 2.06 bits per heavy atom. The molecule has 1 aromatic rings. The van der Waals surface area contributed by atoms with Crippen molar-refractivity contribution in [1.82, 2.24) is 4.90 Å². The van der Waals surface area contributed by atoms with Gasteiger partial charge in [-0.2, -0.15) is 0 Å². The van der Waals surface area contributed by atoms with Crippen molar-refractivity contribution in [3.8, 4) is 0 Å². The summed E-state index contributed by atoms with van der Waals surface area (Å²) in [5.41, 5.74) is 1.48. The summed E-state index contributed by atoms with van der Waals surface area (Å²) in [7, 11) is 0. The highest BCUT2D eigenvalue weighted by molar-refractivity contribution is 5.15. The van der Waals surface area contributed by atoms with Crippen molar-refractivity contribution in [2.24, 2.45) is 11.8 Å². The molecule has 1 aliphatic heterocycles. The molecule has 1 heteroatoms. The zero-order valence-corrected chi connectivity index (χ0v) is 11.2. The first kappa shape index (κ1) is 12.6. The van der Waals surface area contributed by atoms with Gasteiger partial charge in [0.05, 0.1) is 0 Å². The van der Waals surface area contributed by atoms with Gasteiger partial charge in [-0.25, -0.2) is 0 Å². The third kappa shape index (κ3) is 4.16. The summed E-state index contributed by atoms with van der Waals surface area (Å²) in [6.45, 7) is 8.64. The monoisotopic (exact) mass is 231 g/mol. The van der Waals surface area contributed by atoms with Crippen LogP contribution in [0.5, 0.6) is 0 Å². The maximum atomic E-state index is 2.65. The molecule has 1 aliphatic rings. The fourth-order valence-electron chi connectivity index (χ4n) is 2.97. The van der Waals surface area contributed by atoms with Crippen LogP contribution in [0.25, 0.3) is 0 Å². The molecular formula is C16H25N. The summed E-state index contributed by atoms with van der Waals surface area (Å²) in [5, 5.41) is 0. The molecule has 17 heavy (non-hydrogen) atoms. The van der Waals surface area contributed by atoms with E-state index in [1.165, 1.54) is 44.5 Å². The molecular weight excluding hydrogens is 206 g/mol. The van der Waals surface area contributed by atoms with Gasteiger partial charge < -0.3 is 4.90 Å². The Bertz CT molecular complexity index is 320. The highest BCUT2D eigenvalue weighted by Gasteiger charge is 2.17. The molecule has 1 saturated heterocycles. The summed E-state index contributed by atoms with van der Waals surface area (Å²) >= 11 is 0. The van der Waals surface area contributed by atoms with Gasteiger partial charge in [0.15, 0.2) is 0 Å². The first-order chi connectivity index (χ1) is 8.24. The number of nitrogens with zero attached hydrogens (tertiary/aromatic N) is 1. The summed E-state index contributed by atoms with van der Waals surface area (Å²) in [6.07, 6.45) is 4.02. The minimum Gasteiger partial charge on any atom is -0.303 e. The van der Waals surface area contributed by atoms with Gasteiger partial charge in [-0.05, 0) is 43.2 Å². The molecule has 0 aliphatic carbocycles. The predicted octanol–water partition coefficient (Wildman–Crippen LogP) is 3.60. The van der Waals surface area contributed by atoms with Crippen LogP contribution < -0.4 is 0 Å². The Morgan fingerprint density at radius 3 is 2.76 bits per heavy atom. The summed E-state index contributed by atoms with van der Waals surface area (Å²) < 4.78 is 0. The molecule has 0 N–H and O–H groups in total. The Hall–Kier alpha value is -0.820. The number of hydrogen-bond acceptors (Lipinski definition) is 1. The number of hydrogen-bond donors (Lipinski definition) is 0. The maximum Gasteiger partial charge on any atom is 0.00103 e. The number of likely N-dealkylation sites (tertiary alicyclic amines) is 1. The normalized spacial score (nSPS) is 23.5. The molecule has 1 heterocycles. The Morgan fingerprint density at radius 1 is 1.29 bits per heavy atom. The van der Waals surface area contributed by atoms with E-state index in [1.54, 1.807) is 0 Å². The molecule has 0 amide bonds. The first-order valence-corrected chi connectivity index (χ1v) is 7.00. The van der Waals surface area contributed by atoms with Crippen LogP contribution in [0.4, 0.5) is 0 Å². The minimum absolute atomic E-state index is 0.766. The van der Waals surface area contributed by atoms with Crippen molar-refractivity contribution >= 4 is 0 Å². The van der Waals surface area contributed by atoms with Crippen LogP contribution in [-0.4, -0.2) is 24.5 Å². The van der Waals surface area contributed by atoms with Gasteiger partial charge >= 0.3 is 0 Å². The quantitative estimate of drug-likeness (QED) is 0.765. The van der Waals surface area contributed by atoms with Crippen LogP contribution in [0.2, 0.25) is 0 Å². The molecule has 2 atom stereocenters. The van der Waals surface area contributed by atoms with Crippen LogP contribution in [0, 0.1) is 11.8 Å². The van der Waals surface area contributed by atoms with Crippen LogP contribution in [-0.2, 0) is 6.42 Å². The topological polar surface area (TPSA) is 3.24 Å². The van der Waals surface area contributed by atoms with Gasteiger partial charge in [-0.1, -0.05) is 44.2 Å². The Balaban J connectivity index is 1.79. The van der Waals surface area contributed by atoms with E-state index in [0.717, 1.165) is 11.8 Å². The largest absolute Gasteiger partial charge is 0.303 e. The lowest BCUT2D eigenvalue weighted by atomic mass is 9.96. The van der Waals surface area contributed by atoms with Crippen molar-refractivity contribution in [3.05, 3.63) is 35.9 Å². The van der Waals surface area contributed by atoms with E-state index >= 15 is 0 Å². The standard InChI is InChI=1S/C16H25N/c1-14-7-6-10-17(12-14)13-15(2)11-16-8-4-3-5-9-16/h3-5,8-9,14-15H,6-7,10-13H2,1-2H3. The molecule has 1 fully saturated rings. The van der Waals surface area contributed by atoms with Crippen molar-refractivity contribution in [2.45, 2.75) is 33.1 Å². The highest BCUT2D eigenvalue weighted by Crippen LogP contribution is 2.18. The third-order valence-corrected chi connectivity index (χ3v) is 3.74. The molecule has 1 nitrogen and oxygen atoms in total. The smallest absolute Gasteiger partial charge is 0.00103 e. The molecule has 0 radical (unpaired) electrons. The molecule has 2 unspecified atom stereocenters. The maximum absolute atomic E-state index is 2.65. The van der Waals surface area contributed by atoms with Crippen LogP contribution in [0.1, 0.15) is 32.3 Å². The first-order valence-electron chi connectivity index (χ1n) is 7.00. The molecule has 94 valence electrons. The lowest BCUT2D eigenvalue weighted by molar-refractivity contribution is 0.162. The summed E-state index contributed by atoms with van der Waals surface area (Å²) in [6, 6.07) is 10.9. The van der Waals surface area contributed by atoms with Crippen LogP contribution in [0.3, 0.4) is 0 Å². The predicted molar refractivity (Wildman–Crippen MR) is 74.1 cm³/mol. The van der Waals surface area contributed by atoms with Crippen molar-refractivity contribution in [3.63, 3.8) is 0 Å². The number of benzene rings is 1. The van der Waals surface area contributed by atoms with E-state index in [9.17, 15) is 0 Å². The Labute approximate surface area is 106 Å². The highest BCUT2D eigenvalue weighted by atomic mass is 15.1. The lowest BCUT2D eigenvalue weighted by Crippen LogP contribution is -2.37. The fraction of sp³-hybridized carbons (Fsp3) is 0.625. The molecule has 1 aromatic carbocycles. The van der Waals surface area contributed by atoms with Gasteiger partial charge in [0.1, 0.15) is 0 Å². The second kappa shape index (κ2) is 6.20. The molecule has 0 bridgehead atoms. The molecule has 0 spiro atoms. The fourth-order valence-corrected chi connectivity index (χ4v) is 2.97. The molecule has 0 aromatic heterocycles. The number of rotatable bonds is 4. The van der Waals surface area contributed by atoms with E-state index in [-0.39, 0.29) is 0 Å². The lowest BCUT2D eigenvalue weighted by Gasteiger charge is -2.32. The van der Waals surface area contributed by atoms with E-state index in [1.807, 2.05) is 0 Å². The van der Waals surface area contributed by atoms with E-state index < -0.39 is 0 Å². The van der Waals surface area contributed by atoms with Gasteiger partial charge in [-0.15, -0.1) is 0 Å². The second-order valence-electron chi connectivity index (χ2n) is 5.80. The average Bonchev–Trinajstić information content (AvgIpc) is 2.30. The van der Waals surface area contributed by atoms with Gasteiger partial charge in [-0.3, -0.25) is 0 Å². The SMILES string of the molecule is CC1CCCN(CC(C)Cc2ccccc2)C1. The average molecular weight is 231 g/mol. The molecule has 0 saturated carbocycles. The van der Waals surface area contributed by atoms with E-state index in [2.05, 4.69) is 49.1 Å². The summed E-state index contributed by atoms with van der Waals surface area (Å²) in [5.74, 6) is 1.66. The second-order valence-corrected chi connectivity index (χ2v) is 5.80. The Kier molecular flexibility index (Phi) is 4.61. The van der Waals surface area contributed by atoms with Crippen molar-refractivity contribution < 1.29 is 0 Å². The minimum atomic E-state index is 0.766. The van der Waals surface area contributed by atoms with Gasteiger partial charge in [0, 0.05) is 13.1 Å². The van der Waals surface area contributed by atoms with Crippen LogP contribution >= 0.6 is 0 Å². The number of piperidine rings is 1. The van der Waals surface area contributed by atoms with E-state index in [4.69, 9.17) is 0 Å². The molecule has 2 rings (SSSR count). The van der Waals surface area contributed by atoms with Gasteiger partial charge in [0.25, 0.3) is 0 Å². The van der Waals surface area contributed by atoms with Crippen molar-refractivity contribution in [2.75, 3.05) is 19.6 Å². The third-order valence-electron chi connectivity index (χ3n) is 3.74. The van der Waals surface area contributed by atoms with Gasteiger partial charge in [0.2, 0.25) is 0 Å². The van der Waals surface area contributed by atoms with Crippen molar-refractivity contribution in [1.29, 1.82) is 0 Å². The van der Waals surface area contributed by atoms with E-state index in [0.29, 0.717) is 0 Å². The summed E-state index contributed by atoms with van der Waals surface area (Å²) in [4.78, 5) is 2.65.